The third kappa shape index (κ3) is 24.7. The van der Waals surface area contributed by atoms with Crippen molar-refractivity contribution in [3.63, 3.8) is 0 Å². The second-order valence-corrected chi connectivity index (χ2v) is 39.4. The van der Waals surface area contributed by atoms with Crippen LogP contribution in [0.1, 0.15) is 191 Å². The molecule has 9 aromatic heterocycles. The van der Waals surface area contributed by atoms with Crippen LogP contribution in [0.4, 0.5) is 0 Å². The van der Waals surface area contributed by atoms with Crippen molar-refractivity contribution in [2.45, 2.75) is 252 Å². The molecule has 9 aromatic rings. The van der Waals surface area contributed by atoms with Crippen LogP contribution in [0.3, 0.4) is 0 Å². The van der Waals surface area contributed by atoms with E-state index in [1.807, 2.05) is 53.6 Å². The van der Waals surface area contributed by atoms with Gasteiger partial charge in [-0.2, -0.15) is 33.7 Å². The Hall–Kier alpha value is -8.31. The zero-order valence-corrected chi connectivity index (χ0v) is 70.3. The van der Waals surface area contributed by atoms with Gasteiger partial charge in [0.2, 0.25) is 0 Å². The fourth-order valence-electron chi connectivity index (χ4n) is 17.7. The summed E-state index contributed by atoms with van der Waals surface area (Å²) in [5.74, 6) is 4.99. The molecule has 8 fully saturated rings. The van der Waals surface area contributed by atoms with Crippen molar-refractivity contribution in [1.29, 1.82) is 0 Å². The van der Waals surface area contributed by atoms with Crippen LogP contribution in [0.25, 0.3) is 0 Å². The van der Waals surface area contributed by atoms with Crippen molar-refractivity contribution in [1.82, 2.24) is 144 Å². The molecular formula is C68H105N29O16S4. The van der Waals surface area contributed by atoms with E-state index in [4.69, 9.17) is 28.6 Å². The second kappa shape index (κ2) is 35.2. The Morgan fingerprint density at radius 1 is 0.333 bits per heavy atom. The van der Waals surface area contributed by atoms with E-state index in [0.717, 1.165) is 64.0 Å². The lowest BCUT2D eigenvalue weighted by atomic mass is 9.53. The SMILES string of the molecule is CC(C)(C)n1cc(CN(Cc2cn(CCOS(=O)(=O)O)cn2)Cc2cn(CCOS(=O)(=O)O)nn2)nn1.CC(C)(C)n1cc(CN(Cc2cn(CCOS(=O)(=O)O)nn2)Cc2cn(C(C)(C)C)nn2)nn1.O=S(=O)(O)OCCn1cc(CN(Cc2cn(C34CC5CC(CC(C5)C3)C4)nn2)Cc2cn(C34CC5CC(CC(C5)C3)C4)nn2)nn1. The Morgan fingerprint density at radius 2 is 0.573 bits per heavy atom. The van der Waals surface area contributed by atoms with Gasteiger partial charge in [-0.05, 0) is 175 Å². The molecular weight excluding hydrogens is 1610 g/mol. The predicted molar refractivity (Wildman–Crippen MR) is 409 cm³/mol. The lowest BCUT2D eigenvalue weighted by Gasteiger charge is -2.56. The monoisotopic (exact) mass is 1710 g/mol. The fourth-order valence-corrected chi connectivity index (χ4v) is 18.8. The Labute approximate surface area is 678 Å². The molecule has 0 atom stereocenters. The fraction of sp³-hybridized carbons (Fsp3) is 0.721. The Kier molecular flexibility index (Phi) is 26.0. The van der Waals surface area contributed by atoms with Crippen LogP contribution in [-0.2, 0) is 171 Å². The Morgan fingerprint density at radius 3 is 0.838 bits per heavy atom. The maximum atomic E-state index is 10.9. The van der Waals surface area contributed by atoms with Gasteiger partial charge in [0.25, 0.3) is 0 Å². The lowest BCUT2D eigenvalue weighted by Crippen LogP contribution is -2.52. The zero-order chi connectivity index (χ0) is 83.5. The molecule has 8 bridgehead atoms. The number of rotatable bonds is 36. The third-order valence-electron chi connectivity index (χ3n) is 21.9. The molecule has 642 valence electrons. The summed E-state index contributed by atoms with van der Waals surface area (Å²) in [5.41, 5.74) is 6.45. The highest BCUT2D eigenvalue weighted by molar-refractivity contribution is 7.81. The largest absolute Gasteiger partial charge is 0.397 e. The maximum Gasteiger partial charge on any atom is 0.397 e. The van der Waals surface area contributed by atoms with Crippen LogP contribution in [0, 0.1) is 35.5 Å². The first kappa shape index (κ1) is 86.5. The van der Waals surface area contributed by atoms with Crippen molar-refractivity contribution in [2.24, 2.45) is 35.5 Å². The van der Waals surface area contributed by atoms with Gasteiger partial charge < -0.3 is 4.57 Å². The molecule has 49 heteroatoms. The molecule has 117 heavy (non-hydrogen) atoms. The van der Waals surface area contributed by atoms with Crippen LogP contribution in [0.2, 0.25) is 0 Å². The van der Waals surface area contributed by atoms with Crippen molar-refractivity contribution >= 4 is 41.6 Å². The van der Waals surface area contributed by atoms with Gasteiger partial charge in [-0.3, -0.25) is 32.9 Å². The van der Waals surface area contributed by atoms with E-state index < -0.39 is 41.6 Å². The van der Waals surface area contributed by atoms with E-state index in [9.17, 15) is 33.7 Å². The number of hydrogen-bond donors (Lipinski definition) is 4. The van der Waals surface area contributed by atoms with Crippen molar-refractivity contribution in [3.05, 3.63) is 113 Å². The average Bonchev–Trinajstić information content (AvgIpc) is 1.73. The number of imidazole rings is 1. The third-order valence-corrected chi connectivity index (χ3v) is 23.8. The molecule has 0 aliphatic heterocycles. The van der Waals surface area contributed by atoms with Gasteiger partial charge in [0.1, 0.15) is 0 Å². The van der Waals surface area contributed by atoms with Crippen LogP contribution in [0.5, 0.6) is 0 Å². The van der Waals surface area contributed by atoms with Gasteiger partial charge in [-0.15, -0.1) is 40.8 Å². The van der Waals surface area contributed by atoms with E-state index in [1.165, 1.54) is 97.4 Å². The van der Waals surface area contributed by atoms with Crippen molar-refractivity contribution in [3.8, 4) is 0 Å². The topological polar surface area (TPSA) is 528 Å². The van der Waals surface area contributed by atoms with Gasteiger partial charge in [-0.25, -0.2) is 59.2 Å². The summed E-state index contributed by atoms with van der Waals surface area (Å²) in [6.07, 6.45) is 34.1. The first-order chi connectivity index (χ1) is 55.0. The van der Waals surface area contributed by atoms with E-state index in [0.29, 0.717) is 81.7 Å². The molecule has 9 heterocycles. The van der Waals surface area contributed by atoms with Crippen LogP contribution in [0.15, 0.2) is 62.1 Å². The lowest BCUT2D eigenvalue weighted by molar-refractivity contribution is -0.0503. The highest BCUT2D eigenvalue weighted by atomic mass is 32.3. The molecule has 45 nitrogen and oxygen atoms in total. The summed E-state index contributed by atoms with van der Waals surface area (Å²) in [6, 6.07) is 0. The highest BCUT2D eigenvalue weighted by Crippen LogP contribution is 2.60. The minimum Gasteiger partial charge on any atom is -0.335 e. The van der Waals surface area contributed by atoms with Crippen molar-refractivity contribution < 1.29 is 68.6 Å². The molecule has 0 saturated heterocycles. The van der Waals surface area contributed by atoms with Gasteiger partial charge in [0.05, 0.1) is 162 Å². The van der Waals surface area contributed by atoms with E-state index in [-0.39, 0.29) is 80.3 Å². The first-order valence-corrected chi connectivity index (χ1v) is 44.4. The number of aromatic nitrogens is 26. The Balaban J connectivity index is 0.000000155. The normalized spacial score (nSPS) is 22.1. The van der Waals surface area contributed by atoms with Crippen LogP contribution < -0.4 is 0 Å². The van der Waals surface area contributed by atoms with E-state index in [2.05, 4.69) is 167 Å². The van der Waals surface area contributed by atoms with Gasteiger partial charge >= 0.3 is 41.6 Å². The van der Waals surface area contributed by atoms with E-state index >= 15 is 0 Å². The highest BCUT2D eigenvalue weighted by Gasteiger charge is 2.54. The summed E-state index contributed by atoms with van der Waals surface area (Å²) < 4.78 is 154. The molecule has 17 rings (SSSR count). The van der Waals surface area contributed by atoms with Crippen LogP contribution >= 0.6 is 0 Å². The summed E-state index contributed by atoms with van der Waals surface area (Å²) in [5, 5.41) is 69.1. The zero-order valence-electron chi connectivity index (χ0n) is 67.0. The van der Waals surface area contributed by atoms with E-state index in [1.54, 1.807) is 34.0 Å². The van der Waals surface area contributed by atoms with Crippen molar-refractivity contribution in [2.75, 3.05) is 26.4 Å². The molecule has 8 saturated carbocycles. The molecule has 0 aromatic carbocycles. The second-order valence-electron chi connectivity index (χ2n) is 35.0. The smallest absolute Gasteiger partial charge is 0.335 e. The van der Waals surface area contributed by atoms with Crippen LogP contribution in [-0.4, -0.2) is 223 Å². The van der Waals surface area contributed by atoms with Gasteiger partial charge in [0, 0.05) is 90.2 Å². The quantitative estimate of drug-likeness (QED) is 0.0403. The maximum absolute atomic E-state index is 10.9. The minimum atomic E-state index is -4.54. The molecule has 4 N–H and O–H groups in total. The molecule has 8 aliphatic carbocycles. The molecule has 0 amide bonds. The van der Waals surface area contributed by atoms with Gasteiger partial charge in [-0.1, -0.05) is 41.7 Å². The summed E-state index contributed by atoms with van der Waals surface area (Å²) in [4.78, 5) is 10.7. The first-order valence-electron chi connectivity index (χ1n) is 38.9. The van der Waals surface area contributed by atoms with Gasteiger partial charge in [0.15, 0.2) is 0 Å². The minimum absolute atomic E-state index is 0.0583. The molecule has 0 spiro atoms. The molecule has 8 aliphatic rings. The summed E-state index contributed by atoms with van der Waals surface area (Å²) >= 11 is 0. The number of nitrogens with zero attached hydrogens (tertiary/aromatic N) is 29. The average molecular weight is 1710 g/mol. The summed E-state index contributed by atoms with van der Waals surface area (Å²) in [6.45, 7) is 22.0. The molecule has 0 radical (unpaired) electrons. The standard InChI is InChI=1S/C31H44N10O4S.C19H32N10O4S.C18H29N9O8S2/c42-46(43,44)45-2-1-39-18-27(32-35-39)15-38(16-28-19-40(36-33-28)30-9-21-3-22(10-30)5-23(4-21)11-30)17-29-20-41(37-34-29)31-12-24-6-25(13-31)8-26(7-24)14-31;1-18(2,3)28-13-16(21-24-28)10-26(11-17-14-29(25-22-17)19(4,5)6)9-15-12-27(23-20-15)7-8-33-34(30,31)32;1-18(2,3)27-13-17(21-23-27)11-25(9-15-8-24(14-19-15)4-6-34-36(28,29)30)10-16-12-26(22-20-16)5-7-35-37(31,32)33/h18-26H,1-17H2,(H,42,43,44);12-14H,7-11H2,1-6H3,(H,30,31,32);8,12-14H,4-7,9-11H2,1-3H3,(H,28,29,30)(H,31,32,33). The summed E-state index contributed by atoms with van der Waals surface area (Å²) in [7, 11) is -18.0. The molecule has 0 unspecified atom stereocenters. The predicted octanol–water partition coefficient (Wildman–Crippen LogP) is 3.99. The Bertz CT molecular complexity index is 4990. The number of hydrogen-bond acceptors (Lipinski definition) is 32.